The van der Waals surface area contributed by atoms with Gasteiger partial charge in [-0.2, -0.15) is 5.10 Å². The fraction of sp³-hybridized carbons (Fsp3) is 0.143. The van der Waals surface area contributed by atoms with E-state index in [9.17, 15) is 4.79 Å². The normalized spacial score (nSPS) is 16.3. The number of amides is 1. The van der Waals surface area contributed by atoms with E-state index in [1.54, 1.807) is 12.1 Å². The minimum atomic E-state index is -0.135. The first-order valence-corrected chi connectivity index (χ1v) is 10.2. The van der Waals surface area contributed by atoms with Crippen molar-refractivity contribution in [3.05, 3.63) is 86.5 Å². The number of hydrogen-bond acceptors (Lipinski definition) is 4. The Morgan fingerprint density at radius 1 is 1.15 bits per heavy atom. The summed E-state index contributed by atoms with van der Waals surface area (Å²) in [6.45, 7) is 0. The van der Waals surface area contributed by atoms with Crippen LogP contribution in [0.4, 0.5) is 0 Å². The van der Waals surface area contributed by atoms with Gasteiger partial charge in [0, 0.05) is 10.9 Å². The first-order valence-electron chi connectivity index (χ1n) is 8.50. The summed E-state index contributed by atoms with van der Waals surface area (Å²) in [7, 11) is 1.64. The fourth-order valence-electron chi connectivity index (χ4n) is 3.11. The average Bonchev–Trinajstić information content (AvgIpc) is 3.38. The number of nitrogens with zero attached hydrogens (tertiary/aromatic N) is 2. The largest absolute Gasteiger partial charge is 0.497 e. The van der Waals surface area contributed by atoms with Gasteiger partial charge in [-0.3, -0.25) is 4.79 Å². The van der Waals surface area contributed by atoms with E-state index in [-0.39, 0.29) is 11.9 Å². The van der Waals surface area contributed by atoms with Crippen molar-refractivity contribution in [2.75, 3.05) is 7.11 Å². The van der Waals surface area contributed by atoms with Crippen molar-refractivity contribution in [2.45, 2.75) is 12.5 Å². The summed E-state index contributed by atoms with van der Waals surface area (Å²) in [5, 5.41) is 8.23. The van der Waals surface area contributed by atoms with Gasteiger partial charge in [-0.1, -0.05) is 46.3 Å². The van der Waals surface area contributed by atoms with Crippen LogP contribution in [0.3, 0.4) is 0 Å². The number of hydrazone groups is 1. The highest BCUT2D eigenvalue weighted by atomic mass is 79.9. The van der Waals surface area contributed by atoms with Crippen molar-refractivity contribution in [3.8, 4) is 5.75 Å². The average molecular weight is 441 g/mol. The number of benzene rings is 2. The van der Waals surface area contributed by atoms with Gasteiger partial charge < -0.3 is 4.74 Å². The molecule has 2 heterocycles. The van der Waals surface area contributed by atoms with Gasteiger partial charge in [-0.25, -0.2) is 5.01 Å². The lowest BCUT2D eigenvalue weighted by Crippen LogP contribution is -2.26. The summed E-state index contributed by atoms with van der Waals surface area (Å²) in [5.41, 5.74) is 2.97. The van der Waals surface area contributed by atoms with Crippen molar-refractivity contribution in [2.24, 2.45) is 5.10 Å². The number of rotatable bonds is 4. The molecule has 0 saturated carbocycles. The molecular weight excluding hydrogens is 424 g/mol. The topological polar surface area (TPSA) is 41.9 Å². The van der Waals surface area contributed by atoms with E-state index in [4.69, 9.17) is 9.84 Å². The number of ether oxygens (including phenoxy) is 1. The molecule has 0 fully saturated rings. The maximum atomic E-state index is 13.0. The minimum absolute atomic E-state index is 0.0714. The van der Waals surface area contributed by atoms with E-state index in [2.05, 4.69) is 15.9 Å². The molecule has 0 radical (unpaired) electrons. The first kappa shape index (κ1) is 17.9. The Morgan fingerprint density at radius 2 is 1.89 bits per heavy atom. The van der Waals surface area contributed by atoms with E-state index >= 15 is 0 Å². The zero-order valence-electron chi connectivity index (χ0n) is 14.6. The van der Waals surface area contributed by atoms with Crippen molar-refractivity contribution in [3.63, 3.8) is 0 Å². The number of hydrogen-bond donors (Lipinski definition) is 0. The Morgan fingerprint density at radius 3 is 2.52 bits per heavy atom. The number of carbonyl (C=O) groups excluding carboxylic acids is 1. The van der Waals surface area contributed by atoms with E-state index in [1.165, 1.54) is 11.3 Å². The van der Waals surface area contributed by atoms with Crippen LogP contribution in [0.15, 0.2) is 75.6 Å². The van der Waals surface area contributed by atoms with Gasteiger partial charge in [-0.05, 0) is 46.8 Å². The molecule has 1 amide bonds. The zero-order valence-corrected chi connectivity index (χ0v) is 17.0. The van der Waals surface area contributed by atoms with Crippen LogP contribution in [0, 0.1) is 0 Å². The van der Waals surface area contributed by atoms with Crippen LogP contribution < -0.4 is 4.74 Å². The quantitative estimate of drug-likeness (QED) is 0.536. The molecule has 0 unspecified atom stereocenters. The van der Waals surface area contributed by atoms with Crippen LogP contribution in [0.5, 0.6) is 5.75 Å². The standard InChI is InChI=1S/C21H17BrN2O2S/c1-26-17-10-6-15(7-11-17)19-13-18(14-4-8-16(22)9-5-14)23-24(19)21(25)20-3-2-12-27-20/h2-12,19H,13H2,1H3/t19-/m0/s1. The summed E-state index contributed by atoms with van der Waals surface area (Å²) >= 11 is 4.90. The molecule has 0 saturated heterocycles. The van der Waals surface area contributed by atoms with Gasteiger partial charge in [0.05, 0.1) is 23.7 Å². The third-order valence-electron chi connectivity index (χ3n) is 4.53. The molecular formula is C21H17BrN2O2S. The number of carbonyl (C=O) groups is 1. The molecule has 0 bridgehead atoms. The molecule has 136 valence electrons. The molecule has 27 heavy (non-hydrogen) atoms. The highest BCUT2D eigenvalue weighted by Crippen LogP contribution is 2.35. The summed E-state index contributed by atoms with van der Waals surface area (Å²) in [6, 6.07) is 19.4. The molecule has 0 aliphatic carbocycles. The molecule has 1 aromatic heterocycles. The predicted molar refractivity (Wildman–Crippen MR) is 112 cm³/mol. The van der Waals surface area contributed by atoms with Crippen molar-refractivity contribution in [1.82, 2.24) is 5.01 Å². The molecule has 1 atom stereocenters. The monoisotopic (exact) mass is 440 g/mol. The first-order chi connectivity index (χ1) is 13.2. The molecule has 1 aliphatic heterocycles. The summed E-state index contributed by atoms with van der Waals surface area (Å²) < 4.78 is 6.27. The van der Waals surface area contributed by atoms with E-state index < -0.39 is 0 Å². The third kappa shape index (κ3) is 3.68. The predicted octanol–water partition coefficient (Wildman–Crippen LogP) is 5.51. The van der Waals surface area contributed by atoms with E-state index in [0.29, 0.717) is 11.3 Å². The highest BCUT2D eigenvalue weighted by molar-refractivity contribution is 9.10. The molecule has 3 aromatic rings. The molecule has 0 N–H and O–H groups in total. The van der Waals surface area contributed by atoms with E-state index in [1.807, 2.05) is 66.0 Å². The molecule has 0 spiro atoms. The highest BCUT2D eigenvalue weighted by Gasteiger charge is 2.34. The van der Waals surface area contributed by atoms with Gasteiger partial charge in [0.15, 0.2) is 0 Å². The van der Waals surface area contributed by atoms with Crippen LogP contribution in [0.1, 0.15) is 33.3 Å². The van der Waals surface area contributed by atoms with E-state index in [0.717, 1.165) is 27.1 Å². The summed E-state index contributed by atoms with van der Waals surface area (Å²) in [4.78, 5) is 13.7. The molecule has 2 aromatic carbocycles. The van der Waals surface area contributed by atoms with Gasteiger partial charge in [0.25, 0.3) is 5.91 Å². The Labute approximate surface area is 170 Å². The third-order valence-corrected chi connectivity index (χ3v) is 5.91. The van der Waals surface area contributed by atoms with Gasteiger partial charge >= 0.3 is 0 Å². The van der Waals surface area contributed by atoms with Crippen molar-refractivity contribution in [1.29, 1.82) is 0 Å². The van der Waals surface area contributed by atoms with Crippen LogP contribution in [0.2, 0.25) is 0 Å². The van der Waals surface area contributed by atoms with Crippen LogP contribution in [0.25, 0.3) is 0 Å². The second kappa shape index (κ2) is 7.66. The lowest BCUT2D eigenvalue weighted by molar-refractivity contribution is 0.0716. The lowest BCUT2D eigenvalue weighted by atomic mass is 9.98. The zero-order chi connectivity index (χ0) is 18.8. The van der Waals surface area contributed by atoms with Crippen molar-refractivity contribution >= 4 is 38.9 Å². The maximum absolute atomic E-state index is 13.0. The Bertz CT molecular complexity index is 966. The second-order valence-corrected chi connectivity index (χ2v) is 8.04. The van der Waals surface area contributed by atoms with Gasteiger partial charge in [0.2, 0.25) is 0 Å². The van der Waals surface area contributed by atoms with Crippen LogP contribution in [-0.4, -0.2) is 23.7 Å². The summed E-state index contributed by atoms with van der Waals surface area (Å²) in [6.07, 6.45) is 0.672. The molecule has 1 aliphatic rings. The van der Waals surface area contributed by atoms with Crippen molar-refractivity contribution < 1.29 is 9.53 Å². The maximum Gasteiger partial charge on any atom is 0.284 e. The Balaban J connectivity index is 1.70. The minimum Gasteiger partial charge on any atom is -0.497 e. The summed E-state index contributed by atoms with van der Waals surface area (Å²) in [5.74, 6) is 0.722. The Kier molecular flexibility index (Phi) is 5.09. The second-order valence-electron chi connectivity index (χ2n) is 6.17. The Hall–Kier alpha value is -2.44. The molecule has 6 heteroatoms. The number of methoxy groups -OCH3 is 1. The molecule has 4 nitrogen and oxygen atoms in total. The smallest absolute Gasteiger partial charge is 0.284 e. The number of halogens is 1. The van der Waals surface area contributed by atoms with Crippen LogP contribution in [-0.2, 0) is 0 Å². The van der Waals surface area contributed by atoms with Crippen LogP contribution >= 0.6 is 27.3 Å². The van der Waals surface area contributed by atoms with Gasteiger partial charge in [-0.15, -0.1) is 11.3 Å². The SMILES string of the molecule is COc1ccc([C@@H]2CC(c3ccc(Br)cc3)=NN2C(=O)c2cccs2)cc1. The fourth-order valence-corrected chi connectivity index (χ4v) is 4.03. The lowest BCUT2D eigenvalue weighted by Gasteiger charge is -2.21. The molecule has 4 rings (SSSR count). The van der Waals surface area contributed by atoms with Gasteiger partial charge in [0.1, 0.15) is 5.75 Å². The number of thiophene rings is 1.